The number of benzene rings is 2. The van der Waals surface area contributed by atoms with Crippen LogP contribution in [0.4, 0.5) is 5.69 Å². The number of nitrogens with zero attached hydrogens (tertiary/aromatic N) is 3. The van der Waals surface area contributed by atoms with Crippen molar-refractivity contribution in [2.24, 2.45) is 0 Å². The molecular formula is C18H17N5O2. The molecule has 25 heavy (non-hydrogen) atoms. The molecule has 0 fully saturated rings. The number of aliphatic carboxylic acids is 1. The Labute approximate surface area is 144 Å². The Kier molecular flexibility index (Phi) is 4.56. The van der Waals surface area contributed by atoms with E-state index in [2.05, 4.69) is 10.3 Å². The van der Waals surface area contributed by atoms with Gasteiger partial charge in [0, 0.05) is 17.7 Å². The number of carbonyl (C=O) groups is 1. The number of nitrogens with one attached hydrogen (secondary N) is 1. The van der Waals surface area contributed by atoms with Crippen molar-refractivity contribution in [2.45, 2.75) is 12.8 Å². The molecule has 0 bridgehead atoms. The number of nitrogens with two attached hydrogens (primary N) is 1. The fraction of sp³-hybridized carbons (Fsp3) is 0.111. The van der Waals surface area contributed by atoms with Gasteiger partial charge in [-0.25, -0.2) is 4.68 Å². The first-order valence-electron chi connectivity index (χ1n) is 7.72. The molecule has 7 nitrogen and oxygen atoms in total. The molecule has 1 aromatic heterocycles. The van der Waals surface area contributed by atoms with Gasteiger partial charge in [0.15, 0.2) is 0 Å². The SMILES string of the molecule is N=C(c1cn(-c2cccc(CCC(=O)O)c2)nn1)c1ccccc1N. The summed E-state index contributed by atoms with van der Waals surface area (Å²) in [6, 6.07) is 14.6. The van der Waals surface area contributed by atoms with Gasteiger partial charge in [-0.15, -0.1) is 5.10 Å². The average molecular weight is 335 g/mol. The Hall–Kier alpha value is -3.48. The van der Waals surface area contributed by atoms with Crippen LogP contribution in [-0.2, 0) is 11.2 Å². The summed E-state index contributed by atoms with van der Waals surface area (Å²) in [6.45, 7) is 0. The van der Waals surface area contributed by atoms with E-state index in [0.29, 0.717) is 23.4 Å². The van der Waals surface area contributed by atoms with Crippen LogP contribution in [0.3, 0.4) is 0 Å². The number of rotatable bonds is 6. The van der Waals surface area contributed by atoms with Gasteiger partial charge >= 0.3 is 5.97 Å². The van der Waals surface area contributed by atoms with Gasteiger partial charge in [-0.3, -0.25) is 10.2 Å². The lowest BCUT2D eigenvalue weighted by Gasteiger charge is -2.04. The van der Waals surface area contributed by atoms with E-state index in [1.807, 2.05) is 36.4 Å². The zero-order valence-electron chi connectivity index (χ0n) is 13.4. The maximum Gasteiger partial charge on any atom is 0.303 e. The number of carboxylic acid groups (broad SMARTS) is 1. The maximum absolute atomic E-state index is 10.7. The molecule has 0 aliphatic rings. The standard InChI is InChI=1S/C18H17N5O2/c19-15-7-2-1-6-14(15)18(20)16-11-23(22-21-16)13-5-3-4-12(10-13)8-9-17(24)25/h1-7,10-11,20H,8-9,19H2,(H,24,25). The fourth-order valence-corrected chi connectivity index (χ4v) is 2.47. The highest BCUT2D eigenvalue weighted by Gasteiger charge is 2.12. The quantitative estimate of drug-likeness (QED) is 0.472. The number of para-hydroxylation sites is 1. The average Bonchev–Trinajstić information content (AvgIpc) is 3.10. The second-order valence-electron chi connectivity index (χ2n) is 5.57. The smallest absolute Gasteiger partial charge is 0.303 e. The summed E-state index contributed by atoms with van der Waals surface area (Å²) in [4.78, 5) is 10.7. The van der Waals surface area contributed by atoms with Crippen molar-refractivity contribution in [1.29, 1.82) is 5.41 Å². The Morgan fingerprint density at radius 1 is 1.20 bits per heavy atom. The second-order valence-corrected chi connectivity index (χ2v) is 5.57. The van der Waals surface area contributed by atoms with Crippen molar-refractivity contribution in [3.05, 3.63) is 71.5 Å². The number of carboxylic acids is 1. The minimum atomic E-state index is -0.831. The molecule has 3 aromatic rings. The number of hydrogen-bond donors (Lipinski definition) is 3. The van der Waals surface area contributed by atoms with Crippen molar-refractivity contribution in [2.75, 3.05) is 5.73 Å². The molecule has 1 heterocycles. The molecular weight excluding hydrogens is 318 g/mol. The van der Waals surface area contributed by atoms with Crippen molar-refractivity contribution >= 4 is 17.4 Å². The molecule has 0 spiro atoms. The summed E-state index contributed by atoms with van der Waals surface area (Å²) < 4.78 is 1.56. The fourth-order valence-electron chi connectivity index (χ4n) is 2.47. The monoisotopic (exact) mass is 335 g/mol. The summed E-state index contributed by atoms with van der Waals surface area (Å²) in [7, 11) is 0. The predicted molar refractivity (Wildman–Crippen MR) is 94.1 cm³/mol. The molecule has 0 saturated carbocycles. The van der Waals surface area contributed by atoms with Crippen molar-refractivity contribution in [3.8, 4) is 5.69 Å². The summed E-state index contributed by atoms with van der Waals surface area (Å²) in [5.74, 6) is -0.831. The van der Waals surface area contributed by atoms with Crippen molar-refractivity contribution in [3.63, 3.8) is 0 Å². The first-order valence-corrected chi connectivity index (χ1v) is 7.72. The predicted octanol–water partition coefficient (Wildman–Crippen LogP) is 2.28. The highest BCUT2D eigenvalue weighted by Crippen LogP contribution is 2.16. The highest BCUT2D eigenvalue weighted by molar-refractivity contribution is 6.12. The minimum Gasteiger partial charge on any atom is -0.481 e. The molecule has 0 atom stereocenters. The molecule has 0 aliphatic carbocycles. The van der Waals surface area contributed by atoms with Crippen molar-refractivity contribution < 1.29 is 9.90 Å². The molecule has 2 aromatic carbocycles. The lowest BCUT2D eigenvalue weighted by molar-refractivity contribution is -0.136. The van der Waals surface area contributed by atoms with Gasteiger partial charge in [0.05, 0.1) is 17.6 Å². The van der Waals surface area contributed by atoms with Crippen molar-refractivity contribution in [1.82, 2.24) is 15.0 Å². The van der Waals surface area contributed by atoms with Gasteiger partial charge in [-0.2, -0.15) is 0 Å². The zero-order chi connectivity index (χ0) is 17.8. The third kappa shape index (κ3) is 3.72. The van der Waals surface area contributed by atoms with E-state index in [1.165, 1.54) is 0 Å². The summed E-state index contributed by atoms with van der Waals surface area (Å²) in [5, 5.41) is 25.2. The van der Waals surface area contributed by atoms with Crippen LogP contribution >= 0.6 is 0 Å². The Morgan fingerprint density at radius 2 is 2.00 bits per heavy atom. The number of hydrogen-bond acceptors (Lipinski definition) is 5. The van der Waals surface area contributed by atoms with E-state index >= 15 is 0 Å². The molecule has 3 rings (SSSR count). The van der Waals surface area contributed by atoms with Gasteiger partial charge in [0.2, 0.25) is 0 Å². The molecule has 4 N–H and O–H groups in total. The molecule has 7 heteroatoms. The van der Waals surface area contributed by atoms with Crippen LogP contribution in [0.15, 0.2) is 54.7 Å². The molecule has 126 valence electrons. The number of aryl methyl sites for hydroxylation is 1. The van der Waals surface area contributed by atoms with Crippen LogP contribution in [0.2, 0.25) is 0 Å². The molecule has 0 unspecified atom stereocenters. The first kappa shape index (κ1) is 16.4. The molecule has 0 radical (unpaired) electrons. The lowest BCUT2D eigenvalue weighted by atomic mass is 10.1. The summed E-state index contributed by atoms with van der Waals surface area (Å²) >= 11 is 0. The van der Waals surface area contributed by atoms with Crippen LogP contribution in [0.1, 0.15) is 23.2 Å². The van der Waals surface area contributed by atoms with Crippen LogP contribution < -0.4 is 5.73 Å². The topological polar surface area (TPSA) is 118 Å². The van der Waals surface area contributed by atoms with E-state index in [9.17, 15) is 4.79 Å². The third-order valence-electron chi connectivity index (χ3n) is 3.78. The van der Waals surface area contributed by atoms with E-state index in [4.69, 9.17) is 16.2 Å². The molecule has 0 saturated heterocycles. The van der Waals surface area contributed by atoms with Crippen LogP contribution in [0.5, 0.6) is 0 Å². The minimum absolute atomic E-state index is 0.0734. The van der Waals surface area contributed by atoms with Gasteiger partial charge < -0.3 is 10.8 Å². The van der Waals surface area contributed by atoms with Crippen LogP contribution in [-0.4, -0.2) is 31.8 Å². The van der Waals surface area contributed by atoms with E-state index in [0.717, 1.165) is 11.3 Å². The van der Waals surface area contributed by atoms with Gasteiger partial charge in [0.1, 0.15) is 5.69 Å². The Bertz CT molecular complexity index is 932. The Morgan fingerprint density at radius 3 is 2.76 bits per heavy atom. The molecule has 0 aliphatic heterocycles. The number of nitrogen functional groups attached to an aromatic ring is 1. The normalized spacial score (nSPS) is 10.6. The third-order valence-corrected chi connectivity index (χ3v) is 3.78. The van der Waals surface area contributed by atoms with Crippen LogP contribution in [0.25, 0.3) is 5.69 Å². The molecule has 0 amide bonds. The van der Waals surface area contributed by atoms with E-state index in [1.54, 1.807) is 23.0 Å². The maximum atomic E-state index is 10.7. The summed E-state index contributed by atoms with van der Waals surface area (Å²) in [6.07, 6.45) is 2.18. The number of anilines is 1. The van der Waals surface area contributed by atoms with E-state index < -0.39 is 5.97 Å². The number of aromatic nitrogens is 3. The highest BCUT2D eigenvalue weighted by atomic mass is 16.4. The largest absolute Gasteiger partial charge is 0.481 e. The first-order chi connectivity index (χ1) is 12.0. The zero-order valence-corrected chi connectivity index (χ0v) is 13.4. The van der Waals surface area contributed by atoms with Gasteiger partial charge in [0.25, 0.3) is 0 Å². The van der Waals surface area contributed by atoms with Gasteiger partial charge in [-0.1, -0.05) is 35.5 Å². The van der Waals surface area contributed by atoms with Gasteiger partial charge in [-0.05, 0) is 30.2 Å². The van der Waals surface area contributed by atoms with E-state index in [-0.39, 0.29) is 12.1 Å². The second kappa shape index (κ2) is 6.96. The Balaban J connectivity index is 1.84. The summed E-state index contributed by atoms with van der Waals surface area (Å²) in [5.41, 5.74) is 9.30. The van der Waals surface area contributed by atoms with Crippen LogP contribution in [0, 0.1) is 5.41 Å². The lowest BCUT2D eigenvalue weighted by Crippen LogP contribution is -2.05.